The summed E-state index contributed by atoms with van der Waals surface area (Å²) in [6.07, 6.45) is 1.55. The second kappa shape index (κ2) is 9.61. The largest absolute Gasteiger partial charge is 0.366 e. The molecule has 1 heterocycles. The average molecular weight is 448 g/mol. The third-order valence-electron chi connectivity index (χ3n) is 4.57. The van der Waals surface area contributed by atoms with Crippen molar-refractivity contribution in [3.8, 4) is 11.1 Å². The van der Waals surface area contributed by atoms with E-state index in [1.165, 1.54) is 18.3 Å². The monoisotopic (exact) mass is 447 g/mol. The molecule has 0 aliphatic carbocycles. The van der Waals surface area contributed by atoms with Gasteiger partial charge >= 0.3 is 0 Å². The topological polar surface area (TPSA) is 85.1 Å². The molecule has 1 atom stereocenters. The highest BCUT2D eigenvalue weighted by atomic mass is 35.5. The number of nitrogens with one attached hydrogen (secondary N) is 1. The predicted octanol–water partition coefficient (Wildman–Crippen LogP) is 3.90. The van der Waals surface area contributed by atoms with E-state index in [0.717, 1.165) is 24.3 Å². The van der Waals surface area contributed by atoms with Crippen molar-refractivity contribution < 1.29 is 22.8 Å². The molecule has 0 aliphatic heterocycles. The Balaban J connectivity index is 2.04. The van der Waals surface area contributed by atoms with Crippen LogP contribution in [0.3, 0.4) is 0 Å². The Bertz CT molecular complexity index is 1120. The van der Waals surface area contributed by atoms with Gasteiger partial charge in [0.25, 0.3) is 5.91 Å². The molecule has 0 spiro atoms. The van der Waals surface area contributed by atoms with Crippen LogP contribution >= 0.6 is 11.6 Å². The summed E-state index contributed by atoms with van der Waals surface area (Å²) in [5, 5.41) is 2.62. The van der Waals surface area contributed by atoms with Crippen LogP contribution in [0.5, 0.6) is 0 Å². The van der Waals surface area contributed by atoms with Gasteiger partial charge in [-0.25, -0.2) is 13.2 Å². The smallest absolute Gasteiger partial charge is 0.251 e. The van der Waals surface area contributed by atoms with Gasteiger partial charge in [0.15, 0.2) is 0 Å². The zero-order valence-electron chi connectivity index (χ0n) is 16.0. The SMILES string of the molecule is NC(=O)c1cc(-c2cccnc2CC(NC(=O)CCl)c2cc(F)cc(F)c2)ccc1F. The number of alkyl halides is 1. The number of hydrogen-bond donors (Lipinski definition) is 2. The van der Waals surface area contributed by atoms with Crippen LogP contribution in [-0.4, -0.2) is 22.7 Å². The van der Waals surface area contributed by atoms with Crippen LogP contribution in [0.2, 0.25) is 0 Å². The minimum Gasteiger partial charge on any atom is -0.366 e. The molecule has 3 aromatic rings. The molecule has 0 radical (unpaired) electrons. The van der Waals surface area contributed by atoms with Crippen molar-refractivity contribution in [1.82, 2.24) is 10.3 Å². The fourth-order valence-corrected chi connectivity index (χ4v) is 3.28. The van der Waals surface area contributed by atoms with Gasteiger partial charge in [0, 0.05) is 24.2 Å². The predicted molar refractivity (Wildman–Crippen MR) is 110 cm³/mol. The van der Waals surface area contributed by atoms with Crippen molar-refractivity contribution in [2.45, 2.75) is 12.5 Å². The number of nitrogens with zero attached hydrogens (tertiary/aromatic N) is 1. The molecule has 9 heteroatoms. The number of primary amides is 1. The summed E-state index contributed by atoms with van der Waals surface area (Å²) in [6.45, 7) is 0. The normalized spacial score (nSPS) is 11.7. The Morgan fingerprint density at radius 2 is 1.77 bits per heavy atom. The maximum atomic E-state index is 13.9. The van der Waals surface area contributed by atoms with E-state index in [9.17, 15) is 22.8 Å². The number of rotatable bonds is 7. The van der Waals surface area contributed by atoms with Crippen LogP contribution in [0, 0.1) is 17.5 Å². The summed E-state index contributed by atoms with van der Waals surface area (Å²) >= 11 is 5.58. The van der Waals surface area contributed by atoms with Crippen molar-refractivity contribution >= 4 is 23.4 Å². The highest BCUT2D eigenvalue weighted by Crippen LogP contribution is 2.28. The lowest BCUT2D eigenvalue weighted by Crippen LogP contribution is -2.31. The number of carbonyl (C=O) groups is 2. The minimum absolute atomic E-state index is 0.0466. The molecule has 1 aromatic heterocycles. The molecule has 3 N–H and O–H groups in total. The molecule has 160 valence electrons. The van der Waals surface area contributed by atoms with E-state index in [2.05, 4.69) is 10.3 Å². The van der Waals surface area contributed by atoms with Crippen LogP contribution in [0.15, 0.2) is 54.7 Å². The number of benzene rings is 2. The van der Waals surface area contributed by atoms with E-state index in [4.69, 9.17) is 17.3 Å². The molecular formula is C22H17ClF3N3O2. The van der Waals surface area contributed by atoms with Gasteiger partial charge in [-0.15, -0.1) is 11.6 Å². The van der Waals surface area contributed by atoms with Crippen molar-refractivity contribution in [2.75, 3.05) is 5.88 Å². The number of aromatic nitrogens is 1. The number of amides is 2. The summed E-state index contributed by atoms with van der Waals surface area (Å²) in [6, 6.07) is 9.28. The van der Waals surface area contributed by atoms with Crippen molar-refractivity contribution in [1.29, 1.82) is 0 Å². The zero-order chi connectivity index (χ0) is 22.5. The highest BCUT2D eigenvalue weighted by Gasteiger charge is 2.20. The Labute approximate surface area is 181 Å². The van der Waals surface area contributed by atoms with E-state index in [1.54, 1.807) is 12.1 Å². The lowest BCUT2D eigenvalue weighted by atomic mass is 9.95. The van der Waals surface area contributed by atoms with Gasteiger partial charge in [-0.2, -0.15) is 0 Å². The summed E-state index contributed by atoms with van der Waals surface area (Å²) in [7, 11) is 0. The van der Waals surface area contributed by atoms with E-state index >= 15 is 0 Å². The summed E-state index contributed by atoms with van der Waals surface area (Å²) in [4.78, 5) is 27.7. The van der Waals surface area contributed by atoms with E-state index in [1.807, 2.05) is 0 Å². The van der Waals surface area contributed by atoms with Crippen LogP contribution in [-0.2, 0) is 11.2 Å². The molecule has 3 rings (SSSR count). The molecule has 0 fully saturated rings. The Morgan fingerprint density at radius 3 is 2.42 bits per heavy atom. The molecule has 2 aromatic carbocycles. The third kappa shape index (κ3) is 5.40. The van der Waals surface area contributed by atoms with Gasteiger partial charge in [0.2, 0.25) is 5.91 Å². The fourth-order valence-electron chi connectivity index (χ4n) is 3.20. The Hall–Kier alpha value is -3.39. The molecule has 0 aliphatic rings. The highest BCUT2D eigenvalue weighted by molar-refractivity contribution is 6.27. The maximum Gasteiger partial charge on any atom is 0.251 e. The van der Waals surface area contributed by atoms with E-state index in [0.29, 0.717) is 16.8 Å². The maximum absolute atomic E-state index is 13.9. The number of pyridine rings is 1. The minimum atomic E-state index is -0.924. The zero-order valence-corrected chi connectivity index (χ0v) is 16.8. The quantitative estimate of drug-likeness (QED) is 0.539. The molecule has 1 unspecified atom stereocenters. The molecule has 2 amide bonds. The lowest BCUT2D eigenvalue weighted by molar-refractivity contribution is -0.119. The van der Waals surface area contributed by atoms with Crippen LogP contribution in [0.25, 0.3) is 11.1 Å². The van der Waals surface area contributed by atoms with Gasteiger partial charge in [-0.1, -0.05) is 12.1 Å². The Kier molecular flexibility index (Phi) is 6.91. The lowest BCUT2D eigenvalue weighted by Gasteiger charge is -2.20. The molecule has 31 heavy (non-hydrogen) atoms. The van der Waals surface area contributed by atoms with Gasteiger partial charge in [-0.3, -0.25) is 14.6 Å². The third-order valence-corrected chi connectivity index (χ3v) is 4.82. The van der Waals surface area contributed by atoms with Gasteiger partial charge in [0.1, 0.15) is 23.3 Å². The summed E-state index contributed by atoms with van der Waals surface area (Å²) < 4.78 is 41.4. The first-order chi connectivity index (χ1) is 14.8. The number of nitrogens with two attached hydrogens (primary N) is 1. The number of hydrogen-bond acceptors (Lipinski definition) is 3. The summed E-state index contributed by atoms with van der Waals surface area (Å²) in [5.74, 6) is -4.16. The standard InChI is InChI=1S/C22H17ClF3N3O2/c23-11-21(30)29-19(13-6-14(24)9-15(25)7-13)10-20-16(2-1-5-28-20)12-3-4-18(26)17(8-12)22(27)31/h1-9,19H,10-11H2,(H2,27,31)(H,29,30). The van der Waals surface area contributed by atoms with Crippen molar-refractivity contribution in [3.63, 3.8) is 0 Å². The van der Waals surface area contributed by atoms with Crippen LogP contribution in [0.1, 0.15) is 27.7 Å². The van der Waals surface area contributed by atoms with Gasteiger partial charge in [-0.05, 0) is 41.5 Å². The van der Waals surface area contributed by atoms with Crippen LogP contribution < -0.4 is 11.1 Å². The molecule has 0 saturated heterocycles. The first kappa shape index (κ1) is 22.3. The number of carbonyl (C=O) groups excluding carboxylic acids is 2. The van der Waals surface area contributed by atoms with E-state index < -0.39 is 35.3 Å². The Morgan fingerprint density at radius 1 is 1.06 bits per heavy atom. The second-order valence-corrected chi connectivity index (χ2v) is 6.98. The molecule has 0 saturated carbocycles. The number of halogens is 4. The molecule has 5 nitrogen and oxygen atoms in total. The summed E-state index contributed by atoms with van der Waals surface area (Å²) in [5.41, 5.74) is 6.57. The van der Waals surface area contributed by atoms with Crippen LogP contribution in [0.4, 0.5) is 13.2 Å². The van der Waals surface area contributed by atoms with E-state index in [-0.39, 0.29) is 23.4 Å². The van der Waals surface area contributed by atoms with Gasteiger partial charge in [0.05, 0.1) is 17.3 Å². The fraction of sp³-hybridized carbons (Fsp3) is 0.136. The van der Waals surface area contributed by atoms with Gasteiger partial charge < -0.3 is 11.1 Å². The first-order valence-corrected chi connectivity index (χ1v) is 9.67. The molecular weight excluding hydrogens is 431 g/mol. The van der Waals surface area contributed by atoms with Crippen molar-refractivity contribution in [2.24, 2.45) is 5.73 Å². The van der Waals surface area contributed by atoms with Crippen molar-refractivity contribution in [3.05, 3.63) is 89.0 Å². The molecule has 0 bridgehead atoms. The average Bonchev–Trinajstić information content (AvgIpc) is 2.73. The second-order valence-electron chi connectivity index (χ2n) is 6.72. The first-order valence-electron chi connectivity index (χ1n) is 9.13.